The number of halogens is 1. The third-order valence-electron chi connectivity index (χ3n) is 2.55. The summed E-state index contributed by atoms with van der Waals surface area (Å²) in [6.07, 6.45) is 2.28. The van der Waals surface area contributed by atoms with Crippen LogP contribution in [0.2, 0.25) is 0 Å². The van der Waals surface area contributed by atoms with Gasteiger partial charge in [-0.15, -0.1) is 0 Å². The van der Waals surface area contributed by atoms with Gasteiger partial charge < -0.3 is 4.84 Å². The summed E-state index contributed by atoms with van der Waals surface area (Å²) in [7, 11) is 0. The zero-order valence-corrected chi connectivity index (χ0v) is 7.55. The van der Waals surface area contributed by atoms with Crippen LogP contribution < -0.4 is 5.90 Å². The van der Waals surface area contributed by atoms with E-state index in [1.165, 1.54) is 12.1 Å². The molecule has 0 aromatic heterocycles. The van der Waals surface area contributed by atoms with E-state index in [1.54, 1.807) is 0 Å². The third kappa shape index (κ3) is 1.28. The van der Waals surface area contributed by atoms with Gasteiger partial charge in [-0.2, -0.15) is 5.90 Å². The molecule has 0 amide bonds. The maximum Gasteiger partial charge on any atom is 0.356 e. The Hall–Kier alpha value is -1.42. The van der Waals surface area contributed by atoms with Crippen LogP contribution in [0.1, 0.15) is 27.9 Å². The highest BCUT2D eigenvalue weighted by Gasteiger charge is 2.22. The molecule has 0 heterocycles. The highest BCUT2D eigenvalue weighted by atomic mass is 19.1. The largest absolute Gasteiger partial charge is 0.370 e. The van der Waals surface area contributed by atoms with E-state index in [0.29, 0.717) is 17.5 Å². The van der Waals surface area contributed by atoms with Crippen LogP contribution in [0.3, 0.4) is 0 Å². The molecule has 0 aliphatic heterocycles. The van der Waals surface area contributed by atoms with Crippen LogP contribution in [0.5, 0.6) is 0 Å². The number of carbonyl (C=O) groups excluding carboxylic acids is 1. The third-order valence-corrected chi connectivity index (χ3v) is 2.55. The molecule has 3 nitrogen and oxygen atoms in total. The number of carbonyl (C=O) groups is 1. The summed E-state index contributed by atoms with van der Waals surface area (Å²) in [4.78, 5) is 15.4. The van der Waals surface area contributed by atoms with Crippen molar-refractivity contribution < 1.29 is 14.0 Å². The second kappa shape index (κ2) is 3.38. The van der Waals surface area contributed by atoms with Gasteiger partial charge >= 0.3 is 5.97 Å². The molecule has 1 aromatic carbocycles. The monoisotopic (exact) mass is 195 g/mol. The molecule has 2 N–H and O–H groups in total. The first kappa shape index (κ1) is 9.15. The second-order valence-electron chi connectivity index (χ2n) is 3.31. The highest BCUT2D eigenvalue weighted by molar-refractivity contribution is 5.91. The first-order chi connectivity index (χ1) is 6.74. The predicted molar refractivity (Wildman–Crippen MR) is 48.0 cm³/mol. The van der Waals surface area contributed by atoms with Crippen molar-refractivity contribution in [3.05, 3.63) is 34.6 Å². The van der Waals surface area contributed by atoms with Crippen LogP contribution in [0.4, 0.5) is 4.39 Å². The molecule has 0 spiro atoms. The van der Waals surface area contributed by atoms with Gasteiger partial charge in [0, 0.05) is 0 Å². The summed E-state index contributed by atoms with van der Waals surface area (Å²) in [5.41, 5.74) is 1.77. The van der Waals surface area contributed by atoms with E-state index in [2.05, 4.69) is 4.84 Å². The van der Waals surface area contributed by atoms with Gasteiger partial charge in [0.25, 0.3) is 0 Å². The Labute approximate surface area is 80.6 Å². The number of rotatable bonds is 1. The Kier molecular flexibility index (Phi) is 2.21. The van der Waals surface area contributed by atoms with Gasteiger partial charge in [-0.05, 0) is 42.5 Å². The molecule has 0 saturated heterocycles. The van der Waals surface area contributed by atoms with Crippen molar-refractivity contribution in [2.24, 2.45) is 5.90 Å². The fourth-order valence-electron chi connectivity index (χ4n) is 1.92. The van der Waals surface area contributed by atoms with Crippen LogP contribution in [-0.2, 0) is 17.7 Å². The summed E-state index contributed by atoms with van der Waals surface area (Å²) >= 11 is 0. The lowest BCUT2D eigenvalue weighted by Crippen LogP contribution is -2.12. The van der Waals surface area contributed by atoms with E-state index < -0.39 is 5.97 Å². The maximum absolute atomic E-state index is 13.3. The molecule has 0 atom stereocenters. The first-order valence-electron chi connectivity index (χ1n) is 4.45. The van der Waals surface area contributed by atoms with Crippen molar-refractivity contribution in [2.45, 2.75) is 19.3 Å². The smallest absolute Gasteiger partial charge is 0.356 e. The number of hydrogen-bond acceptors (Lipinski definition) is 3. The Morgan fingerprint density at radius 2 is 2.07 bits per heavy atom. The standard InChI is InChI=1S/C10H10FNO2/c11-9-5-4-8(10(13)14-12)6-2-1-3-7(6)9/h4-5H,1-3,12H2. The molecule has 1 aliphatic rings. The average Bonchev–Trinajstić information content (AvgIpc) is 2.67. The Morgan fingerprint density at radius 3 is 2.79 bits per heavy atom. The van der Waals surface area contributed by atoms with Gasteiger partial charge in [0.15, 0.2) is 0 Å². The van der Waals surface area contributed by atoms with E-state index in [4.69, 9.17) is 5.90 Å². The van der Waals surface area contributed by atoms with E-state index in [0.717, 1.165) is 18.4 Å². The fourth-order valence-corrected chi connectivity index (χ4v) is 1.92. The minimum Gasteiger partial charge on any atom is -0.370 e. The number of benzene rings is 1. The summed E-state index contributed by atoms with van der Waals surface area (Å²) < 4.78 is 13.3. The quantitative estimate of drug-likeness (QED) is 0.688. The predicted octanol–water partition coefficient (Wildman–Crippen LogP) is 1.34. The zero-order chi connectivity index (χ0) is 10.1. The molecule has 2 rings (SSSR count). The van der Waals surface area contributed by atoms with Gasteiger partial charge in [0.1, 0.15) is 5.82 Å². The molecule has 0 unspecified atom stereocenters. The SMILES string of the molecule is NOC(=O)c1ccc(F)c2c1CCC2. The van der Waals surface area contributed by atoms with Crippen LogP contribution in [-0.4, -0.2) is 5.97 Å². The molecule has 4 heteroatoms. The minimum atomic E-state index is -0.594. The van der Waals surface area contributed by atoms with Gasteiger partial charge in [0.2, 0.25) is 0 Å². The second-order valence-corrected chi connectivity index (χ2v) is 3.31. The van der Waals surface area contributed by atoms with Crippen molar-refractivity contribution in [2.75, 3.05) is 0 Å². The lowest BCUT2D eigenvalue weighted by atomic mass is 10.0. The maximum atomic E-state index is 13.3. The molecule has 74 valence electrons. The van der Waals surface area contributed by atoms with E-state index in [9.17, 15) is 9.18 Å². The van der Waals surface area contributed by atoms with Crippen molar-refractivity contribution in [3.63, 3.8) is 0 Å². The Morgan fingerprint density at radius 1 is 1.36 bits per heavy atom. The first-order valence-corrected chi connectivity index (χ1v) is 4.45. The summed E-state index contributed by atoms with van der Waals surface area (Å²) in [5, 5.41) is 0. The minimum absolute atomic E-state index is 0.244. The lowest BCUT2D eigenvalue weighted by molar-refractivity contribution is 0.0502. The summed E-state index contributed by atoms with van der Waals surface area (Å²) in [6, 6.07) is 2.71. The molecule has 1 aliphatic carbocycles. The topological polar surface area (TPSA) is 52.3 Å². The van der Waals surface area contributed by atoms with Crippen LogP contribution >= 0.6 is 0 Å². The van der Waals surface area contributed by atoms with Crippen molar-refractivity contribution in [1.82, 2.24) is 0 Å². The number of hydrogen-bond donors (Lipinski definition) is 1. The molecule has 14 heavy (non-hydrogen) atoms. The lowest BCUT2D eigenvalue weighted by Gasteiger charge is -2.06. The molecule has 0 saturated carbocycles. The normalized spacial score (nSPS) is 13.9. The van der Waals surface area contributed by atoms with Gasteiger partial charge in [-0.3, -0.25) is 0 Å². The van der Waals surface area contributed by atoms with E-state index in [-0.39, 0.29) is 5.82 Å². The summed E-state index contributed by atoms with van der Waals surface area (Å²) in [6.45, 7) is 0. The van der Waals surface area contributed by atoms with Gasteiger partial charge in [-0.25, -0.2) is 9.18 Å². The Bertz CT molecular complexity index is 390. The fraction of sp³-hybridized carbons (Fsp3) is 0.300. The van der Waals surface area contributed by atoms with Crippen LogP contribution in [0, 0.1) is 5.82 Å². The summed E-state index contributed by atoms with van der Waals surface area (Å²) in [5.74, 6) is 3.95. The number of nitrogens with two attached hydrogens (primary N) is 1. The molecular weight excluding hydrogens is 185 g/mol. The zero-order valence-electron chi connectivity index (χ0n) is 7.55. The number of fused-ring (bicyclic) bond motifs is 1. The van der Waals surface area contributed by atoms with Crippen molar-refractivity contribution in [1.29, 1.82) is 0 Å². The van der Waals surface area contributed by atoms with Crippen molar-refractivity contribution >= 4 is 5.97 Å². The van der Waals surface area contributed by atoms with Gasteiger partial charge in [0.05, 0.1) is 5.56 Å². The van der Waals surface area contributed by atoms with E-state index >= 15 is 0 Å². The van der Waals surface area contributed by atoms with E-state index in [1.807, 2.05) is 0 Å². The highest BCUT2D eigenvalue weighted by Crippen LogP contribution is 2.27. The molecule has 0 radical (unpaired) electrons. The average molecular weight is 195 g/mol. The van der Waals surface area contributed by atoms with Crippen LogP contribution in [0.15, 0.2) is 12.1 Å². The molecule has 0 bridgehead atoms. The molecular formula is C10H10FNO2. The van der Waals surface area contributed by atoms with Gasteiger partial charge in [-0.1, -0.05) is 0 Å². The molecule has 0 fully saturated rings. The van der Waals surface area contributed by atoms with Crippen molar-refractivity contribution in [3.8, 4) is 0 Å². The molecule has 1 aromatic rings. The van der Waals surface area contributed by atoms with Crippen LogP contribution in [0.25, 0.3) is 0 Å². The Balaban J connectivity index is 2.53.